The van der Waals surface area contributed by atoms with Gasteiger partial charge in [-0.05, 0) is 25.7 Å². The lowest BCUT2D eigenvalue weighted by Gasteiger charge is -2.35. The third-order valence-electron chi connectivity index (χ3n) is 5.43. The van der Waals surface area contributed by atoms with Gasteiger partial charge in [0.05, 0.1) is 0 Å². The van der Waals surface area contributed by atoms with Gasteiger partial charge in [-0.3, -0.25) is 9.59 Å². The van der Waals surface area contributed by atoms with Gasteiger partial charge in [0.15, 0.2) is 5.69 Å². The Hall–Kier alpha value is -1.85. The third-order valence-corrected chi connectivity index (χ3v) is 5.43. The van der Waals surface area contributed by atoms with Crippen LogP contribution in [0.1, 0.15) is 81.0 Å². The maximum absolute atomic E-state index is 12.6. The number of piperidine rings is 1. The van der Waals surface area contributed by atoms with Gasteiger partial charge in [0, 0.05) is 37.0 Å². The summed E-state index contributed by atoms with van der Waals surface area (Å²) in [5.74, 6) is 1.29. The van der Waals surface area contributed by atoms with Gasteiger partial charge in [0.1, 0.15) is 5.76 Å². The van der Waals surface area contributed by atoms with E-state index in [1.54, 1.807) is 6.07 Å². The van der Waals surface area contributed by atoms with E-state index >= 15 is 0 Å². The highest BCUT2D eigenvalue weighted by molar-refractivity contribution is 5.92. The van der Waals surface area contributed by atoms with Crippen LogP contribution in [0.3, 0.4) is 0 Å². The quantitative estimate of drug-likeness (QED) is 0.908. The summed E-state index contributed by atoms with van der Waals surface area (Å²) in [6.07, 6.45) is 7.31. The van der Waals surface area contributed by atoms with Gasteiger partial charge in [0.2, 0.25) is 5.91 Å². The van der Waals surface area contributed by atoms with Crippen LogP contribution < -0.4 is 5.32 Å². The number of aromatic nitrogens is 1. The maximum Gasteiger partial charge on any atom is 0.273 e. The van der Waals surface area contributed by atoms with Gasteiger partial charge >= 0.3 is 0 Å². The molecule has 0 atom stereocenters. The van der Waals surface area contributed by atoms with Crippen molar-refractivity contribution in [2.75, 3.05) is 13.1 Å². The zero-order valence-electron chi connectivity index (χ0n) is 15.3. The monoisotopic (exact) mass is 347 g/mol. The highest BCUT2D eigenvalue weighted by Gasteiger charge is 2.30. The summed E-state index contributed by atoms with van der Waals surface area (Å²) >= 11 is 0. The molecule has 1 saturated carbocycles. The number of nitrogens with one attached hydrogen (secondary N) is 1. The molecule has 6 heteroatoms. The van der Waals surface area contributed by atoms with Crippen molar-refractivity contribution in [2.24, 2.45) is 5.92 Å². The second kappa shape index (κ2) is 8.02. The summed E-state index contributed by atoms with van der Waals surface area (Å²) in [4.78, 5) is 26.9. The zero-order valence-corrected chi connectivity index (χ0v) is 15.3. The highest BCUT2D eigenvalue weighted by Crippen LogP contribution is 2.26. The molecule has 0 aromatic carbocycles. The summed E-state index contributed by atoms with van der Waals surface area (Å²) < 4.78 is 5.19. The lowest BCUT2D eigenvalue weighted by molar-refractivity contribution is -0.137. The molecule has 1 aliphatic heterocycles. The molecule has 1 aromatic heterocycles. The number of hydrogen-bond donors (Lipinski definition) is 1. The first kappa shape index (κ1) is 18.0. The molecule has 6 nitrogen and oxygen atoms in total. The van der Waals surface area contributed by atoms with Crippen LogP contribution in [0.25, 0.3) is 0 Å². The van der Waals surface area contributed by atoms with Crippen molar-refractivity contribution in [1.82, 2.24) is 15.4 Å². The smallest absolute Gasteiger partial charge is 0.273 e. The first-order chi connectivity index (χ1) is 12.0. The molecule has 138 valence electrons. The predicted octanol–water partition coefficient (Wildman–Crippen LogP) is 3.10. The molecule has 2 amide bonds. The fraction of sp³-hybridized carbons (Fsp3) is 0.737. The van der Waals surface area contributed by atoms with E-state index in [-0.39, 0.29) is 23.8 Å². The minimum absolute atomic E-state index is 0.0992. The van der Waals surface area contributed by atoms with Crippen molar-refractivity contribution in [3.8, 4) is 0 Å². The lowest BCUT2D eigenvalue weighted by atomic mass is 9.87. The maximum atomic E-state index is 12.6. The molecule has 3 rings (SSSR count). The topological polar surface area (TPSA) is 75.4 Å². The van der Waals surface area contributed by atoms with Gasteiger partial charge < -0.3 is 14.7 Å². The average Bonchev–Trinajstić information content (AvgIpc) is 3.13. The molecular weight excluding hydrogens is 318 g/mol. The predicted molar refractivity (Wildman–Crippen MR) is 94.2 cm³/mol. The minimum Gasteiger partial charge on any atom is -0.360 e. The number of likely N-dealkylation sites (tertiary alicyclic amines) is 1. The van der Waals surface area contributed by atoms with Crippen molar-refractivity contribution in [1.29, 1.82) is 0 Å². The van der Waals surface area contributed by atoms with Gasteiger partial charge in [-0.1, -0.05) is 38.3 Å². The molecule has 1 N–H and O–H groups in total. The Bertz CT molecular complexity index is 597. The van der Waals surface area contributed by atoms with E-state index in [9.17, 15) is 9.59 Å². The molecule has 0 radical (unpaired) electrons. The molecule has 1 saturated heterocycles. The standard InChI is InChI=1S/C19H29N3O3/c1-13(2)17-12-16(21-25-17)18(23)20-15-8-10-22(11-9-15)19(24)14-6-4-3-5-7-14/h12-15H,3-11H2,1-2H3,(H,20,23). The number of amides is 2. The van der Waals surface area contributed by atoms with E-state index in [4.69, 9.17) is 4.52 Å². The van der Waals surface area contributed by atoms with Crippen molar-refractivity contribution in [2.45, 2.75) is 70.8 Å². The summed E-state index contributed by atoms with van der Waals surface area (Å²) in [5.41, 5.74) is 0.337. The summed E-state index contributed by atoms with van der Waals surface area (Å²) in [6, 6.07) is 1.81. The van der Waals surface area contributed by atoms with E-state index in [0.717, 1.165) is 44.5 Å². The molecule has 0 spiro atoms. The Labute approximate surface area is 149 Å². The van der Waals surface area contributed by atoms with Crippen LogP contribution in [0.4, 0.5) is 0 Å². The SMILES string of the molecule is CC(C)c1cc(C(=O)NC2CCN(C(=O)C3CCCCC3)CC2)no1. The van der Waals surface area contributed by atoms with Gasteiger partial charge in [-0.25, -0.2) is 0 Å². The van der Waals surface area contributed by atoms with E-state index in [0.29, 0.717) is 11.6 Å². The summed E-state index contributed by atoms with van der Waals surface area (Å²) in [7, 11) is 0. The van der Waals surface area contributed by atoms with Crippen molar-refractivity contribution in [3.63, 3.8) is 0 Å². The first-order valence-electron chi connectivity index (χ1n) is 9.61. The largest absolute Gasteiger partial charge is 0.360 e. The highest BCUT2D eigenvalue weighted by atomic mass is 16.5. The van der Waals surface area contributed by atoms with Gasteiger partial charge in [-0.15, -0.1) is 0 Å². The Morgan fingerprint density at radius 2 is 1.84 bits per heavy atom. The number of carbonyl (C=O) groups is 2. The number of hydrogen-bond acceptors (Lipinski definition) is 4. The fourth-order valence-electron chi connectivity index (χ4n) is 3.78. The second-order valence-electron chi connectivity index (χ2n) is 7.68. The zero-order chi connectivity index (χ0) is 17.8. The van der Waals surface area contributed by atoms with Crippen LogP contribution in [0.15, 0.2) is 10.6 Å². The molecule has 25 heavy (non-hydrogen) atoms. The number of rotatable bonds is 4. The van der Waals surface area contributed by atoms with Gasteiger partial charge in [-0.2, -0.15) is 0 Å². The third kappa shape index (κ3) is 4.41. The Balaban J connectivity index is 1.47. The average molecular weight is 347 g/mol. The molecule has 2 aliphatic rings. The van der Waals surface area contributed by atoms with E-state index in [2.05, 4.69) is 10.5 Å². The number of nitrogens with zero attached hydrogens (tertiary/aromatic N) is 2. The van der Waals surface area contributed by atoms with Crippen LogP contribution in [0.5, 0.6) is 0 Å². The van der Waals surface area contributed by atoms with Crippen molar-refractivity contribution in [3.05, 3.63) is 17.5 Å². The van der Waals surface area contributed by atoms with E-state index in [1.807, 2.05) is 18.7 Å². The molecule has 1 aromatic rings. The van der Waals surface area contributed by atoms with Crippen LogP contribution in [0, 0.1) is 5.92 Å². The first-order valence-corrected chi connectivity index (χ1v) is 9.61. The Morgan fingerprint density at radius 1 is 1.16 bits per heavy atom. The normalized spacial score (nSPS) is 20.0. The van der Waals surface area contributed by atoms with Crippen LogP contribution in [-0.4, -0.2) is 41.0 Å². The fourth-order valence-corrected chi connectivity index (χ4v) is 3.78. The van der Waals surface area contributed by atoms with Crippen LogP contribution in [0.2, 0.25) is 0 Å². The molecule has 0 bridgehead atoms. The molecule has 1 aliphatic carbocycles. The molecule has 2 heterocycles. The van der Waals surface area contributed by atoms with E-state index in [1.165, 1.54) is 19.3 Å². The Kier molecular flexibility index (Phi) is 5.76. The number of carbonyl (C=O) groups excluding carboxylic acids is 2. The van der Waals surface area contributed by atoms with Gasteiger partial charge in [0.25, 0.3) is 5.91 Å². The molecule has 0 unspecified atom stereocenters. The van der Waals surface area contributed by atoms with Crippen LogP contribution in [-0.2, 0) is 4.79 Å². The Morgan fingerprint density at radius 3 is 2.44 bits per heavy atom. The molecular formula is C19H29N3O3. The van der Waals surface area contributed by atoms with E-state index < -0.39 is 0 Å². The van der Waals surface area contributed by atoms with Crippen molar-refractivity contribution < 1.29 is 14.1 Å². The summed E-state index contributed by atoms with van der Waals surface area (Å²) in [6.45, 7) is 5.47. The second-order valence-corrected chi connectivity index (χ2v) is 7.68. The van der Waals surface area contributed by atoms with Crippen LogP contribution >= 0.6 is 0 Å². The lowest BCUT2D eigenvalue weighted by Crippen LogP contribution is -2.48. The van der Waals surface area contributed by atoms with Crippen molar-refractivity contribution >= 4 is 11.8 Å². The molecule has 2 fully saturated rings. The summed E-state index contributed by atoms with van der Waals surface area (Å²) in [5, 5.41) is 6.88. The minimum atomic E-state index is -0.187.